The van der Waals surface area contributed by atoms with Crippen LogP contribution in [0.15, 0.2) is 0 Å². The lowest BCUT2D eigenvalue weighted by molar-refractivity contribution is 0.101. The molecule has 0 radical (unpaired) electrons. The number of nitriles is 1. The van der Waals surface area contributed by atoms with E-state index in [1.165, 1.54) is 51.6 Å². The lowest BCUT2D eigenvalue weighted by atomic mass is 9.88. The van der Waals surface area contributed by atoms with E-state index in [1.807, 2.05) is 13.8 Å². The summed E-state index contributed by atoms with van der Waals surface area (Å²) in [7, 11) is 1.78. The number of piperidine rings is 2. The van der Waals surface area contributed by atoms with E-state index in [4.69, 9.17) is 10.00 Å². The predicted octanol–water partition coefficient (Wildman–Crippen LogP) is 5.44. The number of methoxy groups -OCH3 is 1. The van der Waals surface area contributed by atoms with Crippen molar-refractivity contribution < 1.29 is 4.74 Å². The Labute approximate surface area is 171 Å². The van der Waals surface area contributed by atoms with Crippen LogP contribution < -0.4 is 0 Å². The van der Waals surface area contributed by atoms with Gasteiger partial charge in [-0.1, -0.05) is 54.4 Å². The SMILES string of the molecule is CC.CCC.COCCN1CCCC(C(C)C)C1.N#CCN1CCCCC1. The van der Waals surface area contributed by atoms with Gasteiger partial charge in [0.2, 0.25) is 0 Å². The maximum Gasteiger partial charge on any atom is 0.0865 e. The van der Waals surface area contributed by atoms with Crippen LogP contribution >= 0.6 is 0 Å². The molecule has 2 aliphatic rings. The first-order valence-corrected chi connectivity index (χ1v) is 11.4. The van der Waals surface area contributed by atoms with Crippen LogP contribution in [0.2, 0.25) is 0 Å². The first-order valence-electron chi connectivity index (χ1n) is 11.4. The molecule has 0 aliphatic carbocycles. The van der Waals surface area contributed by atoms with Gasteiger partial charge in [-0.25, -0.2) is 0 Å². The highest BCUT2D eigenvalue weighted by Gasteiger charge is 2.21. The average Bonchev–Trinajstić information content (AvgIpc) is 2.70. The van der Waals surface area contributed by atoms with Gasteiger partial charge in [-0.15, -0.1) is 0 Å². The Morgan fingerprint density at radius 1 is 1.00 bits per heavy atom. The molecule has 0 aromatic heterocycles. The van der Waals surface area contributed by atoms with E-state index in [1.54, 1.807) is 7.11 Å². The average molecular weight is 384 g/mol. The van der Waals surface area contributed by atoms with E-state index in [9.17, 15) is 0 Å². The van der Waals surface area contributed by atoms with Gasteiger partial charge in [0.05, 0.1) is 19.2 Å². The fourth-order valence-electron chi connectivity index (χ4n) is 3.28. The molecule has 1 unspecified atom stereocenters. The third-order valence-corrected chi connectivity index (χ3v) is 4.84. The van der Waals surface area contributed by atoms with Gasteiger partial charge in [-0.05, 0) is 57.2 Å². The summed E-state index contributed by atoms with van der Waals surface area (Å²) in [6.45, 7) is 20.4. The number of hydrogen-bond acceptors (Lipinski definition) is 4. The molecule has 4 nitrogen and oxygen atoms in total. The smallest absolute Gasteiger partial charge is 0.0865 e. The van der Waals surface area contributed by atoms with Gasteiger partial charge in [0, 0.05) is 20.2 Å². The van der Waals surface area contributed by atoms with Crippen molar-refractivity contribution in [1.29, 1.82) is 5.26 Å². The summed E-state index contributed by atoms with van der Waals surface area (Å²) in [5, 5.41) is 8.33. The largest absolute Gasteiger partial charge is 0.383 e. The highest BCUT2D eigenvalue weighted by Crippen LogP contribution is 2.22. The fraction of sp³-hybridized carbons (Fsp3) is 0.957. The van der Waals surface area contributed by atoms with Crippen molar-refractivity contribution in [1.82, 2.24) is 9.80 Å². The lowest BCUT2D eigenvalue weighted by Crippen LogP contribution is -2.39. The predicted molar refractivity (Wildman–Crippen MR) is 119 cm³/mol. The first kappa shape index (κ1) is 28.6. The summed E-state index contributed by atoms with van der Waals surface area (Å²) in [4.78, 5) is 4.75. The van der Waals surface area contributed by atoms with Gasteiger partial charge >= 0.3 is 0 Å². The summed E-state index contributed by atoms with van der Waals surface area (Å²) in [6.07, 6.45) is 7.94. The van der Waals surface area contributed by atoms with Crippen molar-refractivity contribution in [2.24, 2.45) is 11.8 Å². The number of rotatable bonds is 5. The summed E-state index contributed by atoms with van der Waals surface area (Å²) in [6, 6.07) is 2.16. The fourth-order valence-corrected chi connectivity index (χ4v) is 3.28. The van der Waals surface area contributed by atoms with Gasteiger partial charge in [0.1, 0.15) is 0 Å². The molecule has 2 fully saturated rings. The molecule has 2 saturated heterocycles. The third-order valence-electron chi connectivity index (χ3n) is 4.84. The molecule has 0 bridgehead atoms. The third kappa shape index (κ3) is 17.2. The summed E-state index contributed by atoms with van der Waals surface area (Å²) < 4.78 is 5.10. The van der Waals surface area contributed by atoms with E-state index in [0.717, 1.165) is 38.1 Å². The van der Waals surface area contributed by atoms with Crippen molar-refractivity contribution in [3.8, 4) is 6.07 Å². The van der Waals surface area contributed by atoms with E-state index in [2.05, 4.69) is 43.6 Å². The Morgan fingerprint density at radius 2 is 1.56 bits per heavy atom. The molecule has 0 amide bonds. The van der Waals surface area contributed by atoms with Gasteiger partial charge in [0.15, 0.2) is 0 Å². The van der Waals surface area contributed by atoms with Crippen LogP contribution in [-0.4, -0.2) is 62.8 Å². The van der Waals surface area contributed by atoms with Gasteiger partial charge < -0.3 is 9.64 Å². The van der Waals surface area contributed by atoms with Crippen molar-refractivity contribution in [2.75, 3.05) is 53.0 Å². The zero-order chi connectivity index (χ0) is 20.9. The molecule has 2 rings (SSSR count). The molecular formula is C23H49N3O. The van der Waals surface area contributed by atoms with E-state index in [-0.39, 0.29) is 0 Å². The molecule has 4 heteroatoms. The van der Waals surface area contributed by atoms with Crippen LogP contribution in [0.4, 0.5) is 0 Å². The molecule has 2 heterocycles. The molecular weight excluding hydrogens is 334 g/mol. The molecule has 27 heavy (non-hydrogen) atoms. The first-order chi connectivity index (χ1) is 13.1. The molecule has 0 saturated carbocycles. The lowest BCUT2D eigenvalue weighted by Gasteiger charge is -2.34. The van der Waals surface area contributed by atoms with Crippen LogP contribution in [0, 0.1) is 23.2 Å². The zero-order valence-corrected chi connectivity index (χ0v) is 19.6. The maximum atomic E-state index is 8.33. The Balaban J connectivity index is 0. The van der Waals surface area contributed by atoms with Gasteiger partial charge in [0.25, 0.3) is 0 Å². The topological polar surface area (TPSA) is 39.5 Å². The van der Waals surface area contributed by atoms with Crippen molar-refractivity contribution in [3.63, 3.8) is 0 Å². The molecule has 0 aromatic carbocycles. The second-order valence-electron chi connectivity index (χ2n) is 7.64. The minimum atomic E-state index is 0.625. The van der Waals surface area contributed by atoms with Crippen LogP contribution in [0.3, 0.4) is 0 Å². The molecule has 0 aromatic rings. The summed E-state index contributed by atoms with van der Waals surface area (Å²) >= 11 is 0. The van der Waals surface area contributed by atoms with E-state index < -0.39 is 0 Å². The number of likely N-dealkylation sites (tertiary alicyclic amines) is 2. The Hall–Kier alpha value is -0.630. The summed E-state index contributed by atoms with van der Waals surface area (Å²) in [5.74, 6) is 1.75. The minimum Gasteiger partial charge on any atom is -0.383 e. The van der Waals surface area contributed by atoms with E-state index in [0.29, 0.717) is 6.54 Å². The number of nitrogens with zero attached hydrogens (tertiary/aromatic N) is 3. The molecule has 2 aliphatic heterocycles. The summed E-state index contributed by atoms with van der Waals surface area (Å²) in [5.41, 5.74) is 0. The molecule has 0 spiro atoms. The Morgan fingerprint density at radius 3 is 2.04 bits per heavy atom. The van der Waals surface area contributed by atoms with E-state index >= 15 is 0 Å². The highest BCUT2D eigenvalue weighted by atomic mass is 16.5. The molecule has 162 valence electrons. The maximum absolute atomic E-state index is 8.33. The van der Waals surface area contributed by atoms with Gasteiger partial charge in [-0.2, -0.15) is 5.26 Å². The standard InChI is InChI=1S/C11H23NO.C7H12N2.C3H8.C2H6/c1-10(2)11-5-4-6-12(9-11)7-8-13-3;8-4-7-9-5-2-1-3-6-9;1-3-2;1-2/h10-11H,4-9H2,1-3H3;1-3,5-7H2;3H2,1-2H3;1-2H3. The minimum absolute atomic E-state index is 0.625. The number of hydrogen-bond donors (Lipinski definition) is 0. The normalized spacial score (nSPS) is 20.2. The van der Waals surface area contributed by atoms with Crippen LogP contribution in [0.25, 0.3) is 0 Å². The second-order valence-corrected chi connectivity index (χ2v) is 7.64. The van der Waals surface area contributed by atoms with Crippen molar-refractivity contribution >= 4 is 0 Å². The molecule has 1 atom stereocenters. The van der Waals surface area contributed by atoms with Crippen LogP contribution in [0.1, 0.15) is 80.1 Å². The second kappa shape index (κ2) is 21.7. The van der Waals surface area contributed by atoms with Crippen LogP contribution in [-0.2, 0) is 4.74 Å². The van der Waals surface area contributed by atoms with Crippen molar-refractivity contribution in [2.45, 2.75) is 80.1 Å². The van der Waals surface area contributed by atoms with Gasteiger partial charge in [-0.3, -0.25) is 4.90 Å². The monoisotopic (exact) mass is 383 g/mol. The zero-order valence-electron chi connectivity index (χ0n) is 19.6. The number of ether oxygens (including phenoxy) is 1. The van der Waals surface area contributed by atoms with Crippen LogP contribution in [0.5, 0.6) is 0 Å². The molecule has 0 N–H and O–H groups in total. The Bertz CT molecular complexity index is 322. The highest BCUT2D eigenvalue weighted by molar-refractivity contribution is 4.78. The Kier molecular flexibility index (Phi) is 22.9. The quantitative estimate of drug-likeness (QED) is 0.593. The van der Waals surface area contributed by atoms with Crippen molar-refractivity contribution in [3.05, 3.63) is 0 Å².